The smallest absolute Gasteiger partial charge is 0.303 e. The number of alkyl halides is 1. The van der Waals surface area contributed by atoms with Crippen LogP contribution in [0.25, 0.3) is 16.9 Å². The Morgan fingerprint density at radius 1 is 1.29 bits per heavy atom. The average molecular weight is 399 g/mol. The second kappa shape index (κ2) is 5.80. The summed E-state index contributed by atoms with van der Waals surface area (Å²) in [6.07, 6.45) is 1.55. The lowest BCUT2D eigenvalue weighted by Crippen LogP contribution is -2.07. The van der Waals surface area contributed by atoms with Gasteiger partial charge in [-0.15, -0.1) is 0 Å². The number of anilines is 1. The number of aromatic nitrogens is 4. The number of nitrogen functional groups attached to an aromatic ring is 1. The highest BCUT2D eigenvalue weighted by Crippen LogP contribution is 2.26. The zero-order chi connectivity index (χ0) is 14.8. The molecule has 0 bridgehead atoms. The zero-order valence-electron chi connectivity index (χ0n) is 10.8. The van der Waals surface area contributed by atoms with E-state index < -0.39 is 6.67 Å². The molecule has 6 nitrogen and oxygen atoms in total. The molecule has 0 amide bonds. The van der Waals surface area contributed by atoms with Crippen molar-refractivity contribution in [3.8, 4) is 11.8 Å². The van der Waals surface area contributed by atoms with Crippen LogP contribution in [0, 0.1) is 3.57 Å². The Labute approximate surface area is 133 Å². The summed E-state index contributed by atoms with van der Waals surface area (Å²) in [5.74, 6) is 0.678. The summed E-state index contributed by atoms with van der Waals surface area (Å²) >= 11 is 2.21. The second-order valence-electron chi connectivity index (χ2n) is 4.17. The molecular weight excluding hydrogens is 388 g/mol. The third kappa shape index (κ3) is 2.75. The first-order valence-electron chi connectivity index (χ1n) is 6.14. The summed E-state index contributed by atoms with van der Waals surface area (Å²) in [5.41, 5.74) is 7.18. The number of benzene rings is 1. The standard InChI is InChI=1S/C13H11FIN5O/c14-4-6-21-13-18-9-2-1-8(15)7-10(9)20(13)11-3-5-17-12(16)19-11/h1-3,5,7H,4,6H2,(H2,16,17,19). The summed E-state index contributed by atoms with van der Waals surface area (Å²) in [5, 5.41) is 0. The van der Waals surface area contributed by atoms with Crippen molar-refractivity contribution < 1.29 is 9.13 Å². The van der Waals surface area contributed by atoms with Crippen LogP contribution in [0.15, 0.2) is 30.5 Å². The SMILES string of the molecule is Nc1nccc(-n2c(OCCF)nc3ccc(I)cc32)n1. The maximum absolute atomic E-state index is 12.4. The monoisotopic (exact) mass is 399 g/mol. The highest BCUT2D eigenvalue weighted by atomic mass is 127. The molecule has 108 valence electrons. The topological polar surface area (TPSA) is 78.8 Å². The quantitative estimate of drug-likeness (QED) is 0.682. The van der Waals surface area contributed by atoms with Gasteiger partial charge in [-0.2, -0.15) is 9.97 Å². The van der Waals surface area contributed by atoms with Gasteiger partial charge >= 0.3 is 6.01 Å². The summed E-state index contributed by atoms with van der Waals surface area (Å²) in [6.45, 7) is -0.659. The van der Waals surface area contributed by atoms with Gasteiger partial charge < -0.3 is 10.5 Å². The largest absolute Gasteiger partial charge is 0.462 e. The lowest BCUT2D eigenvalue weighted by atomic mass is 10.3. The molecule has 0 spiro atoms. The number of hydrogen-bond donors (Lipinski definition) is 1. The van der Waals surface area contributed by atoms with Gasteiger partial charge in [-0.3, -0.25) is 0 Å². The lowest BCUT2D eigenvalue weighted by Gasteiger charge is -2.08. The number of hydrogen-bond acceptors (Lipinski definition) is 5. The molecule has 0 fully saturated rings. The molecule has 2 heterocycles. The van der Waals surface area contributed by atoms with Crippen LogP contribution >= 0.6 is 22.6 Å². The van der Waals surface area contributed by atoms with Crippen molar-refractivity contribution in [3.05, 3.63) is 34.0 Å². The maximum Gasteiger partial charge on any atom is 0.303 e. The van der Waals surface area contributed by atoms with Crippen LogP contribution in [0.1, 0.15) is 0 Å². The van der Waals surface area contributed by atoms with Crippen LogP contribution < -0.4 is 10.5 Å². The first-order valence-corrected chi connectivity index (χ1v) is 7.22. The number of halogens is 2. The van der Waals surface area contributed by atoms with Gasteiger partial charge in [0.1, 0.15) is 19.1 Å². The van der Waals surface area contributed by atoms with Crippen molar-refractivity contribution in [2.24, 2.45) is 0 Å². The minimum atomic E-state index is -0.591. The van der Waals surface area contributed by atoms with Crippen molar-refractivity contribution in [3.63, 3.8) is 0 Å². The van der Waals surface area contributed by atoms with Crippen LogP contribution in [0.4, 0.5) is 10.3 Å². The molecule has 0 unspecified atom stereocenters. The molecule has 0 aliphatic rings. The molecule has 0 radical (unpaired) electrons. The highest BCUT2D eigenvalue weighted by molar-refractivity contribution is 14.1. The molecule has 8 heteroatoms. The van der Waals surface area contributed by atoms with Crippen LogP contribution in [0.2, 0.25) is 0 Å². The van der Waals surface area contributed by atoms with E-state index in [0.717, 1.165) is 14.6 Å². The molecule has 1 aromatic carbocycles. The maximum atomic E-state index is 12.4. The van der Waals surface area contributed by atoms with E-state index in [1.807, 2.05) is 18.2 Å². The molecule has 3 rings (SSSR count). The van der Waals surface area contributed by atoms with Crippen LogP contribution in [0.5, 0.6) is 6.01 Å². The van der Waals surface area contributed by atoms with Gasteiger partial charge in [-0.05, 0) is 40.8 Å². The predicted octanol–water partition coefficient (Wildman–Crippen LogP) is 2.35. The van der Waals surface area contributed by atoms with E-state index in [-0.39, 0.29) is 18.6 Å². The predicted molar refractivity (Wildman–Crippen MR) is 85.3 cm³/mol. The number of imidazole rings is 1. The summed E-state index contributed by atoms with van der Waals surface area (Å²) < 4.78 is 20.5. The third-order valence-electron chi connectivity index (χ3n) is 2.78. The molecule has 0 aliphatic heterocycles. The minimum Gasteiger partial charge on any atom is -0.462 e. The number of ether oxygens (including phenoxy) is 1. The van der Waals surface area contributed by atoms with Crippen molar-refractivity contribution in [2.75, 3.05) is 19.0 Å². The van der Waals surface area contributed by atoms with Gasteiger partial charge in [-0.25, -0.2) is 13.9 Å². The van der Waals surface area contributed by atoms with E-state index in [1.165, 1.54) is 0 Å². The van der Waals surface area contributed by atoms with E-state index in [2.05, 4.69) is 37.5 Å². The number of nitrogens with zero attached hydrogens (tertiary/aromatic N) is 4. The van der Waals surface area contributed by atoms with Gasteiger partial charge in [0, 0.05) is 15.8 Å². The Bertz CT molecular complexity index is 791. The Morgan fingerprint density at radius 2 is 2.14 bits per heavy atom. The Kier molecular flexibility index (Phi) is 3.86. The van der Waals surface area contributed by atoms with Gasteiger partial charge in [-0.1, -0.05) is 0 Å². The summed E-state index contributed by atoms with van der Waals surface area (Å²) in [4.78, 5) is 12.4. The molecule has 0 saturated heterocycles. The van der Waals surface area contributed by atoms with Crippen molar-refractivity contribution in [2.45, 2.75) is 0 Å². The number of rotatable bonds is 4. The lowest BCUT2D eigenvalue weighted by molar-refractivity contribution is 0.252. The first-order chi connectivity index (χ1) is 10.2. The molecule has 0 saturated carbocycles. The highest BCUT2D eigenvalue weighted by Gasteiger charge is 2.15. The molecule has 21 heavy (non-hydrogen) atoms. The Hall–Kier alpha value is -1.97. The minimum absolute atomic E-state index is 0.0685. The molecule has 0 aliphatic carbocycles. The molecule has 2 N–H and O–H groups in total. The molecule has 2 aromatic heterocycles. The summed E-state index contributed by atoms with van der Waals surface area (Å²) in [7, 11) is 0. The van der Waals surface area contributed by atoms with Crippen LogP contribution in [-0.4, -0.2) is 32.8 Å². The van der Waals surface area contributed by atoms with Gasteiger partial charge in [0.2, 0.25) is 5.95 Å². The van der Waals surface area contributed by atoms with E-state index in [9.17, 15) is 4.39 Å². The third-order valence-corrected chi connectivity index (χ3v) is 3.45. The average Bonchev–Trinajstić information content (AvgIpc) is 2.82. The zero-order valence-corrected chi connectivity index (χ0v) is 13.0. The first kappa shape index (κ1) is 14.0. The fraction of sp³-hybridized carbons (Fsp3) is 0.154. The molecule has 3 aromatic rings. The molecular formula is C13H11FIN5O. The van der Waals surface area contributed by atoms with Crippen LogP contribution in [0.3, 0.4) is 0 Å². The number of fused-ring (bicyclic) bond motifs is 1. The number of nitrogens with two attached hydrogens (primary N) is 1. The molecule has 0 atom stereocenters. The Morgan fingerprint density at radius 3 is 2.90 bits per heavy atom. The van der Waals surface area contributed by atoms with Crippen molar-refractivity contribution in [1.82, 2.24) is 19.5 Å². The van der Waals surface area contributed by atoms with E-state index in [0.29, 0.717) is 5.82 Å². The van der Waals surface area contributed by atoms with E-state index in [4.69, 9.17) is 10.5 Å². The van der Waals surface area contributed by atoms with Gasteiger partial charge in [0.05, 0.1) is 11.0 Å². The second-order valence-corrected chi connectivity index (χ2v) is 5.42. The van der Waals surface area contributed by atoms with Crippen LogP contribution in [-0.2, 0) is 0 Å². The fourth-order valence-corrected chi connectivity index (χ4v) is 2.44. The van der Waals surface area contributed by atoms with E-state index in [1.54, 1.807) is 16.8 Å². The summed E-state index contributed by atoms with van der Waals surface area (Å²) in [6, 6.07) is 7.74. The van der Waals surface area contributed by atoms with Crippen molar-refractivity contribution >= 4 is 39.6 Å². The van der Waals surface area contributed by atoms with Gasteiger partial charge in [0.25, 0.3) is 0 Å². The van der Waals surface area contributed by atoms with Crippen molar-refractivity contribution in [1.29, 1.82) is 0 Å². The Balaban J connectivity index is 2.23. The van der Waals surface area contributed by atoms with E-state index >= 15 is 0 Å². The normalized spacial score (nSPS) is 11.0. The fourth-order valence-electron chi connectivity index (χ4n) is 1.96. The van der Waals surface area contributed by atoms with Gasteiger partial charge in [0.15, 0.2) is 0 Å².